The van der Waals surface area contributed by atoms with E-state index in [1.54, 1.807) is 11.0 Å². The molecule has 2 atom stereocenters. The molecule has 10 heteroatoms. The molecule has 2 N–H and O–H groups in total. The number of hydrogen-bond donors (Lipinski definition) is 2. The maximum absolute atomic E-state index is 13.7. The minimum absolute atomic E-state index is 0.0879. The van der Waals surface area contributed by atoms with E-state index in [0.717, 1.165) is 52.5 Å². The number of thiophene rings is 1. The monoisotopic (exact) mass is 713 g/mol. The maximum atomic E-state index is 13.7. The van der Waals surface area contributed by atoms with E-state index in [1.165, 1.54) is 62.7 Å². The number of hydrogen-bond acceptors (Lipinski definition) is 7. The highest BCUT2D eigenvalue weighted by molar-refractivity contribution is 7.14. The summed E-state index contributed by atoms with van der Waals surface area (Å²) in [5.74, 6) is 1.31. The van der Waals surface area contributed by atoms with Crippen molar-refractivity contribution in [1.29, 1.82) is 0 Å². The van der Waals surface area contributed by atoms with E-state index in [0.29, 0.717) is 23.7 Å². The Morgan fingerprint density at radius 1 is 0.902 bits per heavy atom. The number of carbonyl (C=O) groups is 3. The molecule has 0 bridgehead atoms. The number of aliphatic carboxylic acids is 1. The van der Waals surface area contributed by atoms with Crippen molar-refractivity contribution < 1.29 is 19.5 Å². The lowest BCUT2D eigenvalue weighted by molar-refractivity contribution is -0.141. The number of aromatic nitrogens is 2. The summed E-state index contributed by atoms with van der Waals surface area (Å²) >= 11 is 1.43. The first-order valence-corrected chi connectivity index (χ1v) is 19.9. The molecule has 2 amide bonds. The predicted octanol–water partition coefficient (Wildman–Crippen LogP) is 7.60. The van der Waals surface area contributed by atoms with Crippen LogP contribution in [0.3, 0.4) is 0 Å². The molecule has 6 rings (SSSR count). The SMILES string of the molecule is CCCC1CCC(C2CCN(c3cnc(-c4ccc(C[C@H](NC(=O)c5ccc(C(C)(C)C)s5)C(=O)N5CC[C@H](C(=O)O)C5)cc4)nc3)CC2)CC1. The molecular formula is C41H55N5O4S. The van der Waals surface area contributed by atoms with Crippen molar-refractivity contribution in [2.75, 3.05) is 31.1 Å². The first-order valence-electron chi connectivity index (χ1n) is 19.1. The fourth-order valence-electron chi connectivity index (χ4n) is 8.32. The average Bonchev–Trinajstić information content (AvgIpc) is 3.84. The van der Waals surface area contributed by atoms with E-state index in [2.05, 4.69) is 37.9 Å². The van der Waals surface area contributed by atoms with Crippen molar-refractivity contribution in [3.05, 3.63) is 64.1 Å². The van der Waals surface area contributed by atoms with Crippen LogP contribution >= 0.6 is 11.3 Å². The highest BCUT2D eigenvalue weighted by Gasteiger charge is 2.35. The topological polar surface area (TPSA) is 116 Å². The van der Waals surface area contributed by atoms with Crippen molar-refractivity contribution >= 4 is 34.8 Å². The van der Waals surface area contributed by atoms with Gasteiger partial charge in [-0.15, -0.1) is 11.3 Å². The molecule has 3 aromatic rings. The third-order valence-electron chi connectivity index (χ3n) is 11.5. The van der Waals surface area contributed by atoms with E-state index in [1.807, 2.05) is 42.7 Å². The fraction of sp³-hybridized carbons (Fsp3) is 0.585. The van der Waals surface area contributed by atoms with Crippen LogP contribution in [0.4, 0.5) is 5.69 Å². The summed E-state index contributed by atoms with van der Waals surface area (Å²) in [6.07, 6.45) is 15.5. The quantitative estimate of drug-likeness (QED) is 0.210. The molecule has 4 heterocycles. The van der Waals surface area contributed by atoms with Crippen molar-refractivity contribution in [1.82, 2.24) is 20.2 Å². The van der Waals surface area contributed by atoms with E-state index in [-0.39, 0.29) is 30.2 Å². The van der Waals surface area contributed by atoms with Gasteiger partial charge < -0.3 is 20.2 Å². The molecule has 1 aliphatic carbocycles. The highest BCUT2D eigenvalue weighted by Crippen LogP contribution is 2.40. The standard InChI is InChI=1S/C41H55N5O4S/c1-5-6-27-7-11-29(12-8-27)30-17-20-45(21-18-30)33-24-42-37(43-25-33)31-13-9-28(10-14-31)23-34(39(48)46-22-19-32(26-46)40(49)50)44-38(47)35-15-16-36(51-35)41(2,3)4/h9-10,13-16,24-25,27,29-30,32,34H,5-8,11-12,17-23,26H2,1-4H3,(H,44,47)(H,49,50)/t27?,29?,32-,34-/m0/s1. The molecule has 51 heavy (non-hydrogen) atoms. The van der Waals surface area contributed by atoms with Gasteiger partial charge >= 0.3 is 5.97 Å². The number of carboxylic acid groups (broad SMARTS) is 1. The molecule has 274 valence electrons. The summed E-state index contributed by atoms with van der Waals surface area (Å²) in [4.78, 5) is 53.8. The van der Waals surface area contributed by atoms with Crippen LogP contribution in [-0.4, -0.2) is 70.0 Å². The van der Waals surface area contributed by atoms with Gasteiger partial charge in [-0.1, -0.05) is 77.6 Å². The van der Waals surface area contributed by atoms with Gasteiger partial charge in [0.2, 0.25) is 5.91 Å². The largest absolute Gasteiger partial charge is 0.481 e. The van der Waals surface area contributed by atoms with Crippen molar-refractivity contribution in [2.24, 2.45) is 23.7 Å². The Kier molecular flexibility index (Phi) is 11.8. The zero-order chi connectivity index (χ0) is 36.1. The van der Waals surface area contributed by atoms with Crippen LogP contribution in [-0.2, 0) is 21.4 Å². The van der Waals surface area contributed by atoms with Crippen LogP contribution in [0.25, 0.3) is 11.4 Å². The summed E-state index contributed by atoms with van der Waals surface area (Å²) in [6.45, 7) is 11.3. The van der Waals surface area contributed by atoms with Crippen molar-refractivity contribution in [3.8, 4) is 11.4 Å². The summed E-state index contributed by atoms with van der Waals surface area (Å²) < 4.78 is 0. The van der Waals surface area contributed by atoms with Gasteiger partial charge in [0.1, 0.15) is 6.04 Å². The van der Waals surface area contributed by atoms with Crippen molar-refractivity contribution in [2.45, 2.75) is 103 Å². The highest BCUT2D eigenvalue weighted by atomic mass is 32.1. The lowest BCUT2D eigenvalue weighted by atomic mass is 9.72. The van der Waals surface area contributed by atoms with Gasteiger partial charge in [0, 0.05) is 43.0 Å². The molecule has 9 nitrogen and oxygen atoms in total. The second-order valence-electron chi connectivity index (χ2n) is 16.1. The third kappa shape index (κ3) is 9.18. The zero-order valence-corrected chi connectivity index (χ0v) is 31.6. The van der Waals surface area contributed by atoms with Crippen LogP contribution in [0.5, 0.6) is 0 Å². The molecule has 1 aromatic carbocycles. The Balaban J connectivity index is 1.07. The summed E-state index contributed by atoms with van der Waals surface area (Å²) in [5.41, 5.74) is 2.75. The number of carboxylic acids is 1. The molecule has 0 radical (unpaired) electrons. The Hall–Kier alpha value is -3.79. The molecule has 0 unspecified atom stereocenters. The van der Waals surface area contributed by atoms with Gasteiger partial charge in [0.05, 0.1) is 28.9 Å². The first-order chi connectivity index (χ1) is 24.5. The second-order valence-corrected chi connectivity index (χ2v) is 17.2. The van der Waals surface area contributed by atoms with Gasteiger partial charge in [0.25, 0.3) is 5.91 Å². The van der Waals surface area contributed by atoms with Crippen LogP contribution in [0.1, 0.15) is 106 Å². The number of piperidine rings is 1. The number of likely N-dealkylation sites (tertiary alicyclic amines) is 1. The fourth-order valence-corrected chi connectivity index (χ4v) is 9.29. The Morgan fingerprint density at radius 2 is 1.57 bits per heavy atom. The van der Waals surface area contributed by atoms with Crippen molar-refractivity contribution in [3.63, 3.8) is 0 Å². The van der Waals surface area contributed by atoms with Gasteiger partial charge in [-0.3, -0.25) is 14.4 Å². The van der Waals surface area contributed by atoms with Crippen LogP contribution in [0.15, 0.2) is 48.8 Å². The molecular weight excluding hydrogens is 659 g/mol. The molecule has 3 aliphatic rings. The summed E-state index contributed by atoms with van der Waals surface area (Å²) in [6, 6.07) is 10.8. The summed E-state index contributed by atoms with van der Waals surface area (Å²) in [5, 5.41) is 12.5. The van der Waals surface area contributed by atoms with Gasteiger partial charge in [-0.05, 0) is 73.0 Å². The Labute approximate surface area is 307 Å². The average molecular weight is 714 g/mol. The van der Waals surface area contributed by atoms with Crippen LogP contribution < -0.4 is 10.2 Å². The zero-order valence-electron chi connectivity index (χ0n) is 30.8. The second kappa shape index (κ2) is 16.3. The van der Waals surface area contributed by atoms with Crippen LogP contribution in [0, 0.1) is 23.7 Å². The Bertz CT molecular complexity index is 1630. The third-order valence-corrected chi connectivity index (χ3v) is 13.0. The number of benzene rings is 1. The van der Waals surface area contributed by atoms with Gasteiger partial charge in [0.15, 0.2) is 5.82 Å². The van der Waals surface area contributed by atoms with Gasteiger partial charge in [-0.2, -0.15) is 0 Å². The van der Waals surface area contributed by atoms with E-state index in [9.17, 15) is 19.5 Å². The first kappa shape index (κ1) is 37.0. The van der Waals surface area contributed by atoms with Crippen LogP contribution in [0.2, 0.25) is 0 Å². The lowest BCUT2D eigenvalue weighted by Crippen LogP contribution is -2.49. The molecule has 2 aliphatic heterocycles. The molecule has 3 fully saturated rings. The molecule has 2 saturated heterocycles. The lowest BCUT2D eigenvalue weighted by Gasteiger charge is -2.39. The smallest absolute Gasteiger partial charge is 0.308 e. The minimum Gasteiger partial charge on any atom is -0.481 e. The number of nitrogens with one attached hydrogen (secondary N) is 1. The molecule has 1 saturated carbocycles. The molecule has 0 spiro atoms. The van der Waals surface area contributed by atoms with Gasteiger partial charge in [-0.25, -0.2) is 9.97 Å². The number of amides is 2. The number of rotatable bonds is 11. The summed E-state index contributed by atoms with van der Waals surface area (Å²) in [7, 11) is 0. The minimum atomic E-state index is -0.898. The van der Waals surface area contributed by atoms with E-state index >= 15 is 0 Å². The van der Waals surface area contributed by atoms with E-state index < -0.39 is 17.9 Å². The number of nitrogens with zero attached hydrogens (tertiary/aromatic N) is 4. The Morgan fingerprint density at radius 3 is 2.16 bits per heavy atom. The number of anilines is 1. The molecule has 2 aromatic heterocycles. The predicted molar refractivity (Wildman–Crippen MR) is 203 cm³/mol. The number of carbonyl (C=O) groups excluding carboxylic acids is 2. The van der Waals surface area contributed by atoms with E-state index in [4.69, 9.17) is 9.97 Å². The normalized spacial score (nSPS) is 22.2. The maximum Gasteiger partial charge on any atom is 0.308 e.